The van der Waals surface area contributed by atoms with Gasteiger partial charge in [0.05, 0.1) is 35.7 Å². The molecule has 44 heavy (non-hydrogen) atoms. The van der Waals surface area contributed by atoms with E-state index in [1.807, 2.05) is 18.2 Å². The Hall–Kier alpha value is -4.42. The lowest BCUT2D eigenvalue weighted by molar-refractivity contribution is 0.0429. The minimum absolute atomic E-state index is 0.00162. The third kappa shape index (κ3) is 8.80. The van der Waals surface area contributed by atoms with Gasteiger partial charge in [-0.15, -0.1) is 0 Å². The molecule has 4 rings (SSSR count). The van der Waals surface area contributed by atoms with E-state index in [2.05, 4.69) is 33.8 Å². The average Bonchev–Trinajstić information content (AvgIpc) is 3.38. The van der Waals surface area contributed by atoms with Crippen molar-refractivity contribution in [3.63, 3.8) is 0 Å². The molecule has 2 heterocycles. The van der Waals surface area contributed by atoms with Crippen molar-refractivity contribution in [3.05, 3.63) is 81.1 Å². The molecule has 0 unspecified atom stereocenters. The van der Waals surface area contributed by atoms with Gasteiger partial charge in [0.2, 0.25) is 0 Å². The SMILES string of the molecule is CC(C)CCCc1cc(Cl)c(F)c(-c2cc3cn(-c4ccc(CO[C@@H](CCN=C(N)N)CN=C(N)N)cc4)c(=O)nc3[nH]2)c1. The summed E-state index contributed by atoms with van der Waals surface area (Å²) >= 11 is 6.26. The predicted molar refractivity (Wildman–Crippen MR) is 174 cm³/mol. The molecule has 0 aliphatic heterocycles. The molecule has 9 N–H and O–H groups in total. The Bertz CT molecular complexity index is 1690. The maximum atomic E-state index is 15.1. The maximum absolute atomic E-state index is 15.1. The fourth-order valence-electron chi connectivity index (χ4n) is 4.76. The summed E-state index contributed by atoms with van der Waals surface area (Å²) < 4.78 is 22.5. The zero-order valence-corrected chi connectivity index (χ0v) is 25.6. The summed E-state index contributed by atoms with van der Waals surface area (Å²) in [6.45, 7) is 5.26. The number of benzene rings is 2. The summed E-state index contributed by atoms with van der Waals surface area (Å²) in [5.41, 5.74) is 24.9. The largest absolute Gasteiger partial charge is 0.372 e. The molecular weight excluding hydrogens is 585 g/mol. The summed E-state index contributed by atoms with van der Waals surface area (Å²) in [5.74, 6) is 0.0358. The summed E-state index contributed by atoms with van der Waals surface area (Å²) in [7, 11) is 0. The average molecular weight is 624 g/mol. The normalized spacial score (nSPS) is 12.0. The molecule has 0 saturated carbocycles. The number of hydrogen-bond donors (Lipinski definition) is 5. The number of aromatic nitrogens is 3. The van der Waals surface area contributed by atoms with Gasteiger partial charge in [-0.25, -0.2) is 9.18 Å². The number of rotatable bonds is 14. The molecule has 0 aliphatic carbocycles. The van der Waals surface area contributed by atoms with E-state index < -0.39 is 11.5 Å². The molecule has 0 radical (unpaired) electrons. The molecule has 0 fully saturated rings. The molecule has 0 amide bonds. The van der Waals surface area contributed by atoms with Gasteiger partial charge in [0.25, 0.3) is 0 Å². The van der Waals surface area contributed by atoms with Crippen molar-refractivity contribution in [1.82, 2.24) is 14.5 Å². The number of aryl methyl sites for hydroxylation is 1. The minimum atomic E-state index is -0.518. The van der Waals surface area contributed by atoms with Gasteiger partial charge in [0, 0.05) is 23.7 Å². The van der Waals surface area contributed by atoms with Crippen molar-refractivity contribution in [2.24, 2.45) is 38.8 Å². The van der Waals surface area contributed by atoms with Gasteiger partial charge in [-0.1, -0.05) is 44.0 Å². The highest BCUT2D eigenvalue weighted by molar-refractivity contribution is 6.31. The van der Waals surface area contributed by atoms with E-state index in [1.54, 1.807) is 30.5 Å². The second kappa shape index (κ2) is 14.8. The van der Waals surface area contributed by atoms with Crippen molar-refractivity contribution in [2.45, 2.75) is 52.2 Å². The first kappa shape index (κ1) is 32.5. The Morgan fingerprint density at radius 1 is 1.05 bits per heavy atom. The summed E-state index contributed by atoms with van der Waals surface area (Å²) in [6.07, 6.45) is 4.74. The lowest BCUT2D eigenvalue weighted by Gasteiger charge is -2.15. The van der Waals surface area contributed by atoms with Crippen LogP contribution in [0.15, 0.2) is 63.4 Å². The van der Waals surface area contributed by atoms with Crippen molar-refractivity contribution in [2.75, 3.05) is 13.1 Å². The first-order valence-electron chi connectivity index (χ1n) is 14.4. The second-order valence-corrected chi connectivity index (χ2v) is 11.5. The van der Waals surface area contributed by atoms with Crippen molar-refractivity contribution < 1.29 is 9.13 Å². The molecule has 2 aromatic heterocycles. The Balaban J connectivity index is 1.51. The maximum Gasteiger partial charge on any atom is 0.354 e. The molecule has 1 atom stereocenters. The van der Waals surface area contributed by atoms with Crippen LogP contribution in [0.1, 0.15) is 44.2 Å². The van der Waals surface area contributed by atoms with Gasteiger partial charge in [-0.2, -0.15) is 4.98 Å². The van der Waals surface area contributed by atoms with Crippen LogP contribution in [0, 0.1) is 11.7 Å². The van der Waals surface area contributed by atoms with Crippen LogP contribution in [-0.2, 0) is 17.8 Å². The first-order valence-corrected chi connectivity index (χ1v) is 14.8. The number of hydrogen-bond acceptors (Lipinski definition) is 5. The van der Waals surface area contributed by atoms with E-state index in [4.69, 9.17) is 39.3 Å². The number of guanidine groups is 2. The van der Waals surface area contributed by atoms with Crippen LogP contribution >= 0.6 is 11.6 Å². The van der Waals surface area contributed by atoms with E-state index >= 15 is 4.39 Å². The Morgan fingerprint density at radius 3 is 2.45 bits per heavy atom. The van der Waals surface area contributed by atoms with Gasteiger partial charge in [0.1, 0.15) is 5.65 Å². The van der Waals surface area contributed by atoms with Gasteiger partial charge < -0.3 is 32.7 Å². The quantitative estimate of drug-likeness (QED) is 0.104. The van der Waals surface area contributed by atoms with E-state index in [0.29, 0.717) is 46.9 Å². The lowest BCUT2D eigenvalue weighted by Crippen LogP contribution is -2.27. The van der Waals surface area contributed by atoms with Crippen LogP contribution in [0.4, 0.5) is 4.39 Å². The van der Waals surface area contributed by atoms with Crippen LogP contribution in [0.25, 0.3) is 28.0 Å². The van der Waals surface area contributed by atoms with Gasteiger partial charge in [0.15, 0.2) is 17.7 Å². The molecule has 2 aromatic carbocycles. The van der Waals surface area contributed by atoms with E-state index in [0.717, 1.165) is 30.4 Å². The Morgan fingerprint density at radius 2 is 1.77 bits per heavy atom. The number of fused-ring (bicyclic) bond motifs is 1. The standard InChI is InChI=1S/C31H39ClFN9O2/c1-18(2)4-3-5-20-12-24(27(33)25(32)13-20)26-14-21-16-42(31(43)41-28(21)40-26)22-8-6-19(7-9-22)17-44-23(15-39-30(36)37)10-11-38-29(34)35/h6-9,12-14,16,18,23H,3-5,10-11,15,17H2,1-2H3,(H4,34,35,38)(H4,36,37,39)(H,40,41,43)/t23-/m0/s1. The molecule has 0 spiro atoms. The monoisotopic (exact) mass is 623 g/mol. The van der Waals surface area contributed by atoms with E-state index in [-0.39, 0.29) is 36.2 Å². The fourth-order valence-corrected chi connectivity index (χ4v) is 5.01. The highest BCUT2D eigenvalue weighted by atomic mass is 35.5. The molecule has 0 bridgehead atoms. The molecule has 13 heteroatoms. The summed E-state index contributed by atoms with van der Waals surface area (Å²) in [5, 5.41) is 0.713. The number of aromatic amines is 1. The number of nitrogens with two attached hydrogens (primary N) is 4. The van der Waals surface area contributed by atoms with Crippen LogP contribution in [0.2, 0.25) is 5.02 Å². The van der Waals surface area contributed by atoms with Gasteiger partial charge >= 0.3 is 5.69 Å². The third-order valence-electron chi connectivity index (χ3n) is 7.06. The lowest BCUT2D eigenvalue weighted by atomic mass is 10.00. The van der Waals surface area contributed by atoms with Crippen LogP contribution in [0.5, 0.6) is 0 Å². The number of ether oxygens (including phenoxy) is 1. The van der Waals surface area contributed by atoms with Crippen molar-refractivity contribution in [1.29, 1.82) is 0 Å². The van der Waals surface area contributed by atoms with Gasteiger partial charge in [-0.3, -0.25) is 14.6 Å². The number of aliphatic imine (C=N–C) groups is 2. The van der Waals surface area contributed by atoms with Crippen molar-refractivity contribution in [3.8, 4) is 16.9 Å². The van der Waals surface area contributed by atoms with E-state index in [9.17, 15) is 4.79 Å². The molecule has 0 aliphatic rings. The molecule has 0 saturated heterocycles. The molecular formula is C31H39ClFN9O2. The van der Waals surface area contributed by atoms with Gasteiger partial charge in [-0.05, 0) is 66.6 Å². The number of nitrogens with zero attached hydrogens (tertiary/aromatic N) is 4. The molecule has 4 aromatic rings. The number of nitrogens with one attached hydrogen (secondary N) is 1. The fraction of sp³-hybridized carbons (Fsp3) is 0.355. The Labute approximate surface area is 260 Å². The van der Waals surface area contributed by atoms with Crippen molar-refractivity contribution >= 4 is 34.6 Å². The minimum Gasteiger partial charge on any atom is -0.372 e. The highest BCUT2D eigenvalue weighted by Crippen LogP contribution is 2.31. The molecule has 234 valence electrons. The Kier molecular flexibility index (Phi) is 11.0. The van der Waals surface area contributed by atoms with Crippen LogP contribution < -0.4 is 28.6 Å². The topological polar surface area (TPSA) is 189 Å². The second-order valence-electron chi connectivity index (χ2n) is 11.1. The molecule has 11 nitrogen and oxygen atoms in total. The van der Waals surface area contributed by atoms with E-state index in [1.165, 1.54) is 4.57 Å². The summed E-state index contributed by atoms with van der Waals surface area (Å²) in [6, 6.07) is 12.6. The smallest absolute Gasteiger partial charge is 0.354 e. The summed E-state index contributed by atoms with van der Waals surface area (Å²) in [4.78, 5) is 28.3. The highest BCUT2D eigenvalue weighted by Gasteiger charge is 2.16. The first-order chi connectivity index (χ1) is 21.0. The zero-order chi connectivity index (χ0) is 31.8. The predicted octanol–water partition coefficient (Wildman–Crippen LogP) is 3.97. The zero-order valence-electron chi connectivity index (χ0n) is 24.9. The third-order valence-corrected chi connectivity index (χ3v) is 7.33. The van der Waals surface area contributed by atoms with Crippen LogP contribution in [0.3, 0.4) is 0 Å². The van der Waals surface area contributed by atoms with Crippen LogP contribution in [-0.4, -0.2) is 45.6 Å². The number of H-pyrrole nitrogens is 1. The number of halogens is 2.